The minimum absolute atomic E-state index is 0.0360. The molecule has 1 atom stereocenters. The molecule has 0 spiro atoms. The van der Waals surface area contributed by atoms with Crippen molar-refractivity contribution in [3.8, 4) is 0 Å². The van der Waals surface area contributed by atoms with Crippen LogP contribution in [-0.2, 0) is 19.6 Å². The number of piperidine rings is 1. The number of halogens is 1. The second-order valence-corrected chi connectivity index (χ2v) is 9.90. The van der Waals surface area contributed by atoms with E-state index in [0.29, 0.717) is 25.9 Å². The molecule has 2 N–H and O–H groups in total. The summed E-state index contributed by atoms with van der Waals surface area (Å²) in [7, 11) is -4.14. The lowest BCUT2D eigenvalue weighted by Gasteiger charge is -2.34. The minimum Gasteiger partial charge on any atom is -0.353 e. The molecule has 3 rings (SSSR count). The number of hydrogen-bond donors (Lipinski definition) is 2. The molecule has 1 saturated carbocycles. The van der Waals surface area contributed by atoms with Gasteiger partial charge in [-0.15, -0.1) is 0 Å². The van der Waals surface area contributed by atoms with E-state index in [0.717, 1.165) is 37.8 Å². The normalized spacial score (nSPS) is 20.0. The van der Waals surface area contributed by atoms with Gasteiger partial charge in [-0.3, -0.25) is 9.59 Å². The molecule has 1 aromatic carbocycles. The molecule has 166 valence electrons. The number of hydrogen-bond acceptors (Lipinski definition) is 4. The zero-order valence-corrected chi connectivity index (χ0v) is 18.1. The number of sulfonamides is 1. The van der Waals surface area contributed by atoms with Crippen molar-refractivity contribution in [2.24, 2.45) is 5.92 Å². The molecule has 0 unspecified atom stereocenters. The number of carbonyl (C=O) groups excluding carboxylic acids is 2. The Bertz CT molecular complexity index is 863. The van der Waals surface area contributed by atoms with Gasteiger partial charge < -0.3 is 10.2 Å². The lowest BCUT2D eigenvalue weighted by molar-refractivity contribution is -0.134. The summed E-state index contributed by atoms with van der Waals surface area (Å²) in [6.45, 7) is 2.35. The molecule has 2 fully saturated rings. The molecule has 30 heavy (non-hydrogen) atoms. The highest BCUT2D eigenvalue weighted by Crippen LogP contribution is 2.24. The van der Waals surface area contributed by atoms with Crippen LogP contribution in [0.3, 0.4) is 0 Å². The van der Waals surface area contributed by atoms with Crippen molar-refractivity contribution in [2.75, 3.05) is 13.1 Å². The fraction of sp³-hybridized carbons (Fsp3) is 0.619. The first kappa shape index (κ1) is 22.7. The fourth-order valence-corrected chi connectivity index (χ4v) is 5.49. The second-order valence-electron chi connectivity index (χ2n) is 8.22. The van der Waals surface area contributed by atoms with Crippen LogP contribution in [0.5, 0.6) is 0 Å². The van der Waals surface area contributed by atoms with Crippen LogP contribution in [0.25, 0.3) is 0 Å². The molecule has 1 aliphatic carbocycles. The third kappa shape index (κ3) is 5.57. The second kappa shape index (κ2) is 9.87. The Hall–Kier alpha value is -2.00. The Labute approximate surface area is 177 Å². The van der Waals surface area contributed by atoms with Gasteiger partial charge in [0.15, 0.2) is 0 Å². The Morgan fingerprint density at radius 2 is 1.70 bits per heavy atom. The predicted molar refractivity (Wildman–Crippen MR) is 111 cm³/mol. The van der Waals surface area contributed by atoms with Gasteiger partial charge in [0, 0.05) is 25.0 Å². The number of carbonyl (C=O) groups is 2. The van der Waals surface area contributed by atoms with E-state index >= 15 is 0 Å². The van der Waals surface area contributed by atoms with Gasteiger partial charge >= 0.3 is 0 Å². The Kier molecular flexibility index (Phi) is 7.46. The van der Waals surface area contributed by atoms with Gasteiger partial charge in [-0.2, -0.15) is 4.72 Å². The lowest BCUT2D eigenvalue weighted by atomic mass is 9.88. The number of likely N-dealkylation sites (tertiary alicyclic amines) is 1. The number of rotatable bonds is 6. The van der Waals surface area contributed by atoms with Crippen molar-refractivity contribution >= 4 is 21.8 Å². The van der Waals surface area contributed by atoms with Gasteiger partial charge in [0.05, 0.1) is 6.04 Å². The molecule has 2 amide bonds. The average molecular weight is 440 g/mol. The van der Waals surface area contributed by atoms with Gasteiger partial charge in [-0.1, -0.05) is 31.4 Å². The Morgan fingerprint density at radius 3 is 2.33 bits per heavy atom. The molecule has 1 aromatic rings. The summed E-state index contributed by atoms with van der Waals surface area (Å²) in [6.07, 6.45) is 6.57. The molecule has 0 bridgehead atoms. The number of nitrogens with one attached hydrogen (secondary N) is 2. The monoisotopic (exact) mass is 439 g/mol. The molecule has 1 saturated heterocycles. The van der Waals surface area contributed by atoms with Crippen LogP contribution in [0.2, 0.25) is 0 Å². The van der Waals surface area contributed by atoms with Crippen LogP contribution >= 0.6 is 0 Å². The van der Waals surface area contributed by atoms with E-state index in [-0.39, 0.29) is 23.8 Å². The first-order chi connectivity index (χ1) is 14.3. The van der Waals surface area contributed by atoms with Crippen LogP contribution in [-0.4, -0.2) is 50.3 Å². The maximum atomic E-state index is 13.8. The quantitative estimate of drug-likeness (QED) is 0.710. The molecule has 2 aliphatic rings. The number of amides is 2. The van der Waals surface area contributed by atoms with E-state index in [1.807, 2.05) is 0 Å². The molecule has 1 aliphatic heterocycles. The van der Waals surface area contributed by atoms with Gasteiger partial charge in [0.25, 0.3) is 0 Å². The molecular formula is C21H30FN3O4S. The SMILES string of the molecule is C[C@H](NS(=O)(=O)c1ccccc1F)C(=O)N1CCC(NC(=O)C2CCCCC2)CC1. The summed E-state index contributed by atoms with van der Waals surface area (Å²) in [5.41, 5.74) is 0. The summed E-state index contributed by atoms with van der Waals surface area (Å²) in [5, 5.41) is 3.11. The molecule has 9 heteroatoms. The summed E-state index contributed by atoms with van der Waals surface area (Å²) in [6, 6.07) is 4.08. The zero-order chi connectivity index (χ0) is 21.7. The number of nitrogens with zero attached hydrogens (tertiary/aromatic N) is 1. The third-order valence-corrected chi connectivity index (χ3v) is 7.53. The van der Waals surface area contributed by atoms with E-state index in [4.69, 9.17) is 0 Å². The standard InChI is InChI=1S/C21H30FN3O4S/c1-15(24-30(28,29)19-10-6-5-9-18(19)22)21(27)25-13-11-17(12-14-25)23-20(26)16-7-3-2-4-8-16/h5-6,9-10,15-17,24H,2-4,7-8,11-14H2,1H3,(H,23,26)/t15-/m0/s1. The average Bonchev–Trinajstić information content (AvgIpc) is 2.74. The van der Waals surface area contributed by atoms with Crippen molar-refractivity contribution in [1.29, 1.82) is 0 Å². The fourth-order valence-electron chi connectivity index (χ4n) is 4.21. The van der Waals surface area contributed by atoms with Crippen molar-refractivity contribution in [3.05, 3.63) is 30.1 Å². The lowest BCUT2D eigenvalue weighted by Crippen LogP contribution is -2.52. The van der Waals surface area contributed by atoms with E-state index < -0.39 is 26.8 Å². The van der Waals surface area contributed by atoms with Crippen molar-refractivity contribution in [3.63, 3.8) is 0 Å². The van der Waals surface area contributed by atoms with Crippen LogP contribution in [0.15, 0.2) is 29.2 Å². The highest BCUT2D eigenvalue weighted by molar-refractivity contribution is 7.89. The van der Waals surface area contributed by atoms with Gasteiger partial charge in [0.1, 0.15) is 10.7 Å². The van der Waals surface area contributed by atoms with Crippen molar-refractivity contribution in [2.45, 2.75) is 68.8 Å². The van der Waals surface area contributed by atoms with Gasteiger partial charge in [-0.25, -0.2) is 12.8 Å². The van der Waals surface area contributed by atoms with Gasteiger partial charge in [-0.05, 0) is 44.7 Å². The van der Waals surface area contributed by atoms with E-state index in [1.54, 1.807) is 4.90 Å². The Morgan fingerprint density at radius 1 is 1.07 bits per heavy atom. The van der Waals surface area contributed by atoms with Crippen LogP contribution < -0.4 is 10.0 Å². The largest absolute Gasteiger partial charge is 0.353 e. The summed E-state index contributed by atoms with van der Waals surface area (Å²) in [4.78, 5) is 26.2. The molecule has 1 heterocycles. The predicted octanol–water partition coefficient (Wildman–Crippen LogP) is 2.18. The minimum atomic E-state index is -4.14. The van der Waals surface area contributed by atoms with Crippen LogP contribution in [0.4, 0.5) is 4.39 Å². The molecular weight excluding hydrogens is 409 g/mol. The third-order valence-electron chi connectivity index (χ3n) is 5.96. The molecule has 0 aromatic heterocycles. The van der Waals surface area contributed by atoms with Gasteiger partial charge in [0.2, 0.25) is 21.8 Å². The maximum Gasteiger partial charge on any atom is 0.244 e. The van der Waals surface area contributed by atoms with Crippen molar-refractivity contribution < 1.29 is 22.4 Å². The first-order valence-electron chi connectivity index (χ1n) is 10.6. The van der Waals surface area contributed by atoms with Crippen molar-refractivity contribution in [1.82, 2.24) is 14.9 Å². The highest BCUT2D eigenvalue weighted by Gasteiger charge is 2.31. The van der Waals surface area contributed by atoms with Crippen LogP contribution in [0, 0.1) is 11.7 Å². The zero-order valence-electron chi connectivity index (χ0n) is 17.3. The van der Waals surface area contributed by atoms with E-state index in [2.05, 4.69) is 10.0 Å². The number of benzene rings is 1. The van der Waals surface area contributed by atoms with E-state index in [1.165, 1.54) is 25.5 Å². The van der Waals surface area contributed by atoms with Crippen LogP contribution in [0.1, 0.15) is 51.9 Å². The molecule has 0 radical (unpaired) electrons. The topological polar surface area (TPSA) is 95.6 Å². The highest BCUT2D eigenvalue weighted by atomic mass is 32.2. The maximum absolute atomic E-state index is 13.8. The molecule has 7 nitrogen and oxygen atoms in total. The Balaban J connectivity index is 1.49. The summed E-state index contributed by atoms with van der Waals surface area (Å²) >= 11 is 0. The smallest absolute Gasteiger partial charge is 0.244 e. The van der Waals surface area contributed by atoms with E-state index in [9.17, 15) is 22.4 Å². The first-order valence-corrected chi connectivity index (χ1v) is 12.1. The summed E-state index contributed by atoms with van der Waals surface area (Å²) in [5.74, 6) is -0.997. The summed E-state index contributed by atoms with van der Waals surface area (Å²) < 4.78 is 40.9.